The van der Waals surface area contributed by atoms with E-state index >= 15 is 0 Å². The first-order valence-electron chi connectivity index (χ1n) is 10.1. The molecule has 1 fully saturated rings. The molecular weight excluding hydrogens is 362 g/mol. The van der Waals surface area contributed by atoms with Crippen LogP contribution >= 0.6 is 0 Å². The molecule has 148 valence electrons. The lowest BCUT2D eigenvalue weighted by Crippen LogP contribution is -2.44. The molecule has 0 bridgehead atoms. The number of para-hydroxylation sites is 1. The zero-order chi connectivity index (χ0) is 20.1. The van der Waals surface area contributed by atoms with Crippen LogP contribution in [0.4, 0.5) is 0 Å². The number of hydrogen-bond acceptors (Lipinski definition) is 3. The van der Waals surface area contributed by atoms with Gasteiger partial charge in [0.1, 0.15) is 0 Å². The molecule has 2 amide bonds. The minimum Gasteiger partial charge on any atom is -0.352 e. The second-order valence-electron chi connectivity index (χ2n) is 7.59. The fraction of sp³-hybridized carbons (Fsp3) is 0.292. The summed E-state index contributed by atoms with van der Waals surface area (Å²) < 4.78 is 0. The van der Waals surface area contributed by atoms with Crippen LogP contribution in [-0.4, -0.2) is 41.3 Å². The molecule has 5 heteroatoms. The van der Waals surface area contributed by atoms with Gasteiger partial charge in [-0.05, 0) is 42.5 Å². The van der Waals surface area contributed by atoms with E-state index in [1.54, 1.807) is 6.20 Å². The van der Waals surface area contributed by atoms with Crippen molar-refractivity contribution in [1.82, 2.24) is 15.2 Å². The van der Waals surface area contributed by atoms with Crippen molar-refractivity contribution in [2.45, 2.75) is 19.3 Å². The summed E-state index contributed by atoms with van der Waals surface area (Å²) in [6.07, 6.45) is 4.11. The van der Waals surface area contributed by atoms with Gasteiger partial charge >= 0.3 is 0 Å². The van der Waals surface area contributed by atoms with E-state index in [0.29, 0.717) is 25.1 Å². The predicted octanol–water partition coefficient (Wildman–Crippen LogP) is 3.45. The summed E-state index contributed by atoms with van der Waals surface area (Å²) in [6.45, 7) is 2.06. The van der Waals surface area contributed by atoms with Gasteiger partial charge in [-0.1, -0.05) is 42.5 Å². The Labute approximate surface area is 170 Å². The second kappa shape index (κ2) is 8.86. The molecule has 0 radical (unpaired) electrons. The lowest BCUT2D eigenvalue weighted by molar-refractivity contribution is -0.132. The van der Waals surface area contributed by atoms with Crippen LogP contribution < -0.4 is 5.32 Å². The third-order valence-corrected chi connectivity index (χ3v) is 5.52. The van der Waals surface area contributed by atoms with Crippen LogP contribution in [0.2, 0.25) is 0 Å². The molecule has 5 nitrogen and oxygen atoms in total. The fourth-order valence-corrected chi connectivity index (χ4v) is 3.97. The van der Waals surface area contributed by atoms with Crippen LogP contribution in [0.5, 0.6) is 0 Å². The zero-order valence-corrected chi connectivity index (χ0v) is 16.4. The molecule has 1 atom stereocenters. The quantitative estimate of drug-likeness (QED) is 0.729. The molecule has 0 spiro atoms. The number of nitrogens with zero attached hydrogens (tertiary/aromatic N) is 2. The normalized spacial score (nSPS) is 16.6. The maximum atomic E-state index is 12.9. The molecule has 1 N–H and O–H groups in total. The van der Waals surface area contributed by atoms with Gasteiger partial charge in [-0.25, -0.2) is 0 Å². The number of likely N-dealkylation sites (tertiary alicyclic amines) is 1. The number of hydrogen-bond donors (Lipinski definition) is 1. The van der Waals surface area contributed by atoms with Crippen molar-refractivity contribution in [1.29, 1.82) is 0 Å². The molecule has 1 aliphatic heterocycles. The third-order valence-electron chi connectivity index (χ3n) is 5.52. The van der Waals surface area contributed by atoms with Crippen molar-refractivity contribution < 1.29 is 9.59 Å². The highest BCUT2D eigenvalue weighted by Gasteiger charge is 2.24. The van der Waals surface area contributed by atoms with Gasteiger partial charge in [0.05, 0.1) is 11.9 Å². The Bertz CT molecular complexity index is 998. The van der Waals surface area contributed by atoms with Crippen LogP contribution in [-0.2, 0) is 11.2 Å². The first-order chi connectivity index (χ1) is 14.2. The average molecular weight is 387 g/mol. The molecule has 0 aliphatic carbocycles. The van der Waals surface area contributed by atoms with Crippen LogP contribution in [0.1, 0.15) is 28.8 Å². The first-order valence-corrected chi connectivity index (χ1v) is 10.1. The van der Waals surface area contributed by atoms with Crippen LogP contribution in [0, 0.1) is 5.92 Å². The van der Waals surface area contributed by atoms with Crippen molar-refractivity contribution in [3.05, 3.63) is 78.0 Å². The van der Waals surface area contributed by atoms with Gasteiger partial charge in [-0.15, -0.1) is 0 Å². The maximum Gasteiger partial charge on any atom is 0.251 e. The summed E-state index contributed by atoms with van der Waals surface area (Å²) in [5, 5.41) is 4.07. The highest BCUT2D eigenvalue weighted by Crippen LogP contribution is 2.20. The lowest BCUT2D eigenvalue weighted by atomic mass is 9.97. The van der Waals surface area contributed by atoms with E-state index in [2.05, 4.69) is 10.3 Å². The number of fused-ring (bicyclic) bond motifs is 1. The molecule has 2 heterocycles. The van der Waals surface area contributed by atoms with Crippen molar-refractivity contribution in [2.24, 2.45) is 5.92 Å². The summed E-state index contributed by atoms with van der Waals surface area (Å²) in [4.78, 5) is 31.6. The smallest absolute Gasteiger partial charge is 0.251 e. The number of aromatic nitrogens is 1. The Morgan fingerprint density at radius 2 is 1.86 bits per heavy atom. The topological polar surface area (TPSA) is 62.3 Å². The van der Waals surface area contributed by atoms with E-state index in [0.717, 1.165) is 35.9 Å². The van der Waals surface area contributed by atoms with Gasteiger partial charge in [-0.2, -0.15) is 0 Å². The van der Waals surface area contributed by atoms with Crippen molar-refractivity contribution in [2.75, 3.05) is 19.6 Å². The van der Waals surface area contributed by atoms with Crippen LogP contribution in [0.3, 0.4) is 0 Å². The Morgan fingerprint density at radius 1 is 1.03 bits per heavy atom. The monoisotopic (exact) mass is 387 g/mol. The molecular formula is C24H25N3O2. The van der Waals surface area contributed by atoms with E-state index in [1.807, 2.05) is 65.6 Å². The minimum atomic E-state index is -0.0594. The number of nitrogens with one attached hydrogen (secondary N) is 1. The van der Waals surface area contributed by atoms with Gasteiger partial charge in [0.25, 0.3) is 5.91 Å². The molecule has 29 heavy (non-hydrogen) atoms. The highest BCUT2D eigenvalue weighted by atomic mass is 16.2. The van der Waals surface area contributed by atoms with E-state index in [-0.39, 0.29) is 17.7 Å². The molecule has 2 aromatic carbocycles. The number of rotatable bonds is 5. The Kier molecular flexibility index (Phi) is 5.84. The summed E-state index contributed by atoms with van der Waals surface area (Å²) in [6, 6.07) is 19.1. The van der Waals surface area contributed by atoms with E-state index < -0.39 is 0 Å². The summed E-state index contributed by atoms with van der Waals surface area (Å²) in [7, 11) is 0. The Morgan fingerprint density at radius 3 is 2.72 bits per heavy atom. The van der Waals surface area contributed by atoms with Gasteiger partial charge < -0.3 is 10.2 Å². The molecule has 3 aromatic rings. The molecule has 0 saturated carbocycles. The first kappa shape index (κ1) is 19.1. The Balaban J connectivity index is 1.35. The Hall–Kier alpha value is -3.21. The molecule has 4 rings (SSSR count). The maximum absolute atomic E-state index is 12.9. The number of carbonyl (C=O) groups excluding carboxylic acids is 2. The third kappa shape index (κ3) is 4.62. The van der Waals surface area contributed by atoms with Crippen molar-refractivity contribution in [3.63, 3.8) is 0 Å². The number of pyridine rings is 1. The number of benzene rings is 2. The van der Waals surface area contributed by atoms with Crippen LogP contribution in [0.25, 0.3) is 10.9 Å². The molecule has 1 aliphatic rings. The zero-order valence-electron chi connectivity index (χ0n) is 16.4. The van der Waals surface area contributed by atoms with Gasteiger partial charge in [0, 0.05) is 36.8 Å². The summed E-state index contributed by atoms with van der Waals surface area (Å²) >= 11 is 0. The SMILES string of the molecule is O=C(NC[C@@H]1CCCN(C(=O)Cc2cccc3cccnc23)C1)c1ccccc1. The van der Waals surface area contributed by atoms with E-state index in [1.165, 1.54) is 0 Å². The number of piperidine rings is 1. The standard InChI is InChI=1S/C24H25N3O2/c28-22(15-21-11-4-10-19-12-5-13-25-23(19)21)27-14-6-7-18(17-27)16-26-24(29)20-8-2-1-3-9-20/h1-5,8-13,18H,6-7,14-17H2,(H,26,29)/t18-/m0/s1. The van der Waals surface area contributed by atoms with E-state index in [9.17, 15) is 9.59 Å². The molecule has 1 aromatic heterocycles. The molecule has 0 unspecified atom stereocenters. The summed E-state index contributed by atoms with van der Waals surface area (Å²) in [5.41, 5.74) is 2.53. The number of amides is 2. The van der Waals surface area contributed by atoms with Crippen molar-refractivity contribution in [3.8, 4) is 0 Å². The van der Waals surface area contributed by atoms with Crippen LogP contribution in [0.15, 0.2) is 66.9 Å². The fourth-order valence-electron chi connectivity index (χ4n) is 3.97. The van der Waals surface area contributed by atoms with E-state index in [4.69, 9.17) is 0 Å². The summed E-state index contributed by atoms with van der Waals surface area (Å²) in [5.74, 6) is 0.351. The predicted molar refractivity (Wildman–Crippen MR) is 114 cm³/mol. The largest absolute Gasteiger partial charge is 0.352 e. The average Bonchev–Trinajstić information content (AvgIpc) is 2.78. The highest BCUT2D eigenvalue weighted by molar-refractivity contribution is 5.94. The van der Waals surface area contributed by atoms with Gasteiger partial charge in [-0.3, -0.25) is 14.6 Å². The van der Waals surface area contributed by atoms with Gasteiger partial charge in [0.15, 0.2) is 0 Å². The minimum absolute atomic E-state index is 0.0594. The lowest BCUT2D eigenvalue weighted by Gasteiger charge is -2.33. The number of carbonyl (C=O) groups is 2. The second-order valence-corrected chi connectivity index (χ2v) is 7.59. The molecule has 1 saturated heterocycles. The van der Waals surface area contributed by atoms with Crippen molar-refractivity contribution >= 4 is 22.7 Å². The van der Waals surface area contributed by atoms with Gasteiger partial charge in [0.2, 0.25) is 5.91 Å².